The van der Waals surface area contributed by atoms with Crippen LogP contribution in [0.15, 0.2) is 12.3 Å². The van der Waals surface area contributed by atoms with Crippen LogP contribution in [-0.4, -0.2) is 23.5 Å². The van der Waals surface area contributed by atoms with Gasteiger partial charge in [0, 0.05) is 6.04 Å². The van der Waals surface area contributed by atoms with Gasteiger partial charge in [0.15, 0.2) is 0 Å². The molecule has 1 heterocycles. The zero-order valence-electron chi connectivity index (χ0n) is 9.87. The summed E-state index contributed by atoms with van der Waals surface area (Å²) in [4.78, 5) is 15.5. The normalized spacial score (nSPS) is 10.2. The van der Waals surface area contributed by atoms with Crippen molar-refractivity contribution in [3.05, 3.63) is 17.8 Å². The van der Waals surface area contributed by atoms with Crippen LogP contribution in [0.4, 0.5) is 11.5 Å². The van der Waals surface area contributed by atoms with Gasteiger partial charge in [0.2, 0.25) is 5.91 Å². The number of aryl methyl sites for hydroxylation is 1. The average Bonchev–Trinajstić information content (AvgIpc) is 2.15. The molecule has 0 spiro atoms. The van der Waals surface area contributed by atoms with Gasteiger partial charge in [-0.3, -0.25) is 4.79 Å². The Labute approximate surface area is 95.4 Å². The molecule has 0 aliphatic heterocycles. The molecule has 5 nitrogen and oxygen atoms in total. The van der Waals surface area contributed by atoms with Crippen molar-refractivity contribution in [1.82, 2.24) is 10.3 Å². The molecule has 0 atom stereocenters. The molecule has 1 amide bonds. The zero-order chi connectivity index (χ0) is 12.1. The summed E-state index contributed by atoms with van der Waals surface area (Å²) in [6.45, 7) is 5.96. The van der Waals surface area contributed by atoms with Crippen molar-refractivity contribution in [3.63, 3.8) is 0 Å². The van der Waals surface area contributed by atoms with E-state index in [4.69, 9.17) is 5.73 Å². The number of carbonyl (C=O) groups excluding carboxylic acids is 1. The standard InChI is InChI=1S/C11H18N4O/c1-7(2)15-10(16)6-14-11-8(3)4-9(12)5-13-11/h4-5,7H,6,12H2,1-3H3,(H,13,14)(H,15,16). The molecule has 0 radical (unpaired) electrons. The van der Waals surface area contributed by atoms with Crippen LogP contribution in [0.2, 0.25) is 0 Å². The van der Waals surface area contributed by atoms with E-state index >= 15 is 0 Å². The van der Waals surface area contributed by atoms with Gasteiger partial charge in [0.25, 0.3) is 0 Å². The molecule has 0 saturated heterocycles. The summed E-state index contributed by atoms with van der Waals surface area (Å²) in [6.07, 6.45) is 1.57. The fourth-order valence-electron chi connectivity index (χ4n) is 1.32. The zero-order valence-corrected chi connectivity index (χ0v) is 9.87. The molecule has 16 heavy (non-hydrogen) atoms. The summed E-state index contributed by atoms with van der Waals surface area (Å²) < 4.78 is 0. The van der Waals surface area contributed by atoms with Crippen LogP contribution in [0.1, 0.15) is 19.4 Å². The van der Waals surface area contributed by atoms with Crippen LogP contribution in [0.25, 0.3) is 0 Å². The number of nitrogens with one attached hydrogen (secondary N) is 2. The predicted octanol–water partition coefficient (Wildman–Crippen LogP) is 0.909. The maximum absolute atomic E-state index is 11.4. The van der Waals surface area contributed by atoms with Gasteiger partial charge in [-0.1, -0.05) is 0 Å². The minimum absolute atomic E-state index is 0.0481. The molecule has 0 aliphatic rings. The fourth-order valence-corrected chi connectivity index (χ4v) is 1.32. The number of nitrogens with two attached hydrogens (primary N) is 1. The Hall–Kier alpha value is -1.78. The Balaban J connectivity index is 2.51. The molecule has 1 aromatic rings. The van der Waals surface area contributed by atoms with E-state index < -0.39 is 0 Å². The van der Waals surface area contributed by atoms with E-state index in [-0.39, 0.29) is 18.5 Å². The van der Waals surface area contributed by atoms with Crippen molar-refractivity contribution < 1.29 is 4.79 Å². The molecule has 5 heteroatoms. The summed E-state index contributed by atoms with van der Waals surface area (Å²) in [5.41, 5.74) is 7.13. The van der Waals surface area contributed by atoms with E-state index in [0.29, 0.717) is 11.5 Å². The second-order valence-corrected chi connectivity index (χ2v) is 4.01. The first-order valence-corrected chi connectivity index (χ1v) is 5.24. The molecule has 0 bridgehead atoms. The van der Waals surface area contributed by atoms with Crippen molar-refractivity contribution in [2.45, 2.75) is 26.8 Å². The average molecular weight is 222 g/mol. The number of hydrogen-bond acceptors (Lipinski definition) is 4. The summed E-state index contributed by atoms with van der Waals surface area (Å²) in [7, 11) is 0. The fraction of sp³-hybridized carbons (Fsp3) is 0.455. The lowest BCUT2D eigenvalue weighted by Gasteiger charge is -2.11. The summed E-state index contributed by atoms with van der Waals surface area (Å²) in [6, 6.07) is 1.96. The Kier molecular flexibility index (Phi) is 4.10. The van der Waals surface area contributed by atoms with E-state index in [0.717, 1.165) is 5.56 Å². The monoisotopic (exact) mass is 222 g/mol. The molecule has 88 valence electrons. The van der Waals surface area contributed by atoms with Gasteiger partial charge in [-0.2, -0.15) is 0 Å². The number of nitrogens with zero attached hydrogens (tertiary/aromatic N) is 1. The highest BCUT2D eigenvalue weighted by Crippen LogP contribution is 2.13. The Bertz CT molecular complexity index is 376. The lowest BCUT2D eigenvalue weighted by molar-refractivity contribution is -0.119. The van der Waals surface area contributed by atoms with Crippen LogP contribution in [0.3, 0.4) is 0 Å². The molecule has 4 N–H and O–H groups in total. The summed E-state index contributed by atoms with van der Waals surface area (Å²) in [5, 5.41) is 5.76. The molecule has 1 aromatic heterocycles. The predicted molar refractivity (Wildman–Crippen MR) is 65.2 cm³/mol. The highest BCUT2D eigenvalue weighted by molar-refractivity contribution is 5.80. The quantitative estimate of drug-likeness (QED) is 0.707. The topological polar surface area (TPSA) is 80.0 Å². The lowest BCUT2D eigenvalue weighted by Crippen LogP contribution is -2.35. The van der Waals surface area contributed by atoms with Crippen molar-refractivity contribution in [3.8, 4) is 0 Å². The van der Waals surface area contributed by atoms with Crippen LogP contribution in [0, 0.1) is 6.92 Å². The first-order valence-electron chi connectivity index (χ1n) is 5.24. The van der Waals surface area contributed by atoms with E-state index in [2.05, 4.69) is 15.6 Å². The lowest BCUT2D eigenvalue weighted by atomic mass is 10.2. The van der Waals surface area contributed by atoms with E-state index in [1.807, 2.05) is 26.8 Å². The Morgan fingerprint density at radius 1 is 1.56 bits per heavy atom. The smallest absolute Gasteiger partial charge is 0.239 e. The maximum atomic E-state index is 11.4. The molecular formula is C11H18N4O. The molecule has 1 rings (SSSR count). The summed E-state index contributed by atoms with van der Waals surface area (Å²) in [5.74, 6) is 0.640. The molecule has 0 saturated carbocycles. The number of pyridine rings is 1. The van der Waals surface area contributed by atoms with Crippen molar-refractivity contribution in [1.29, 1.82) is 0 Å². The van der Waals surface area contributed by atoms with Gasteiger partial charge in [0.05, 0.1) is 18.4 Å². The van der Waals surface area contributed by atoms with Crippen LogP contribution < -0.4 is 16.4 Å². The van der Waals surface area contributed by atoms with Gasteiger partial charge in [-0.25, -0.2) is 4.98 Å². The number of nitrogen functional groups attached to an aromatic ring is 1. The number of anilines is 2. The number of hydrogen-bond donors (Lipinski definition) is 3. The van der Waals surface area contributed by atoms with Crippen LogP contribution in [0.5, 0.6) is 0 Å². The minimum Gasteiger partial charge on any atom is -0.397 e. The van der Waals surface area contributed by atoms with Gasteiger partial charge in [0.1, 0.15) is 5.82 Å². The largest absolute Gasteiger partial charge is 0.397 e. The van der Waals surface area contributed by atoms with Gasteiger partial charge in [-0.15, -0.1) is 0 Å². The third kappa shape index (κ3) is 3.76. The highest BCUT2D eigenvalue weighted by Gasteiger charge is 2.05. The Morgan fingerprint density at radius 3 is 2.81 bits per heavy atom. The van der Waals surface area contributed by atoms with Gasteiger partial charge >= 0.3 is 0 Å². The minimum atomic E-state index is -0.0481. The Morgan fingerprint density at radius 2 is 2.25 bits per heavy atom. The second kappa shape index (κ2) is 5.34. The van der Waals surface area contributed by atoms with Crippen molar-refractivity contribution in [2.24, 2.45) is 0 Å². The highest BCUT2D eigenvalue weighted by atomic mass is 16.1. The second-order valence-electron chi connectivity index (χ2n) is 4.01. The summed E-state index contributed by atoms with van der Waals surface area (Å²) >= 11 is 0. The molecular weight excluding hydrogens is 204 g/mol. The maximum Gasteiger partial charge on any atom is 0.239 e. The SMILES string of the molecule is Cc1cc(N)cnc1NCC(=O)NC(C)C. The molecule has 0 aliphatic carbocycles. The van der Waals surface area contributed by atoms with Gasteiger partial charge < -0.3 is 16.4 Å². The van der Waals surface area contributed by atoms with E-state index in [1.54, 1.807) is 6.20 Å². The molecule has 0 aromatic carbocycles. The third-order valence-electron chi connectivity index (χ3n) is 1.97. The first kappa shape index (κ1) is 12.3. The van der Waals surface area contributed by atoms with Crippen LogP contribution >= 0.6 is 0 Å². The van der Waals surface area contributed by atoms with Gasteiger partial charge in [-0.05, 0) is 32.4 Å². The number of carbonyl (C=O) groups is 1. The van der Waals surface area contributed by atoms with Crippen LogP contribution in [-0.2, 0) is 4.79 Å². The van der Waals surface area contributed by atoms with E-state index in [1.165, 1.54) is 0 Å². The van der Waals surface area contributed by atoms with Crippen molar-refractivity contribution >= 4 is 17.4 Å². The molecule has 0 unspecified atom stereocenters. The number of amides is 1. The first-order chi connectivity index (χ1) is 7.49. The number of rotatable bonds is 4. The van der Waals surface area contributed by atoms with Crippen molar-refractivity contribution in [2.75, 3.05) is 17.6 Å². The number of aromatic nitrogens is 1. The third-order valence-corrected chi connectivity index (χ3v) is 1.97. The molecule has 0 fully saturated rings. The van der Waals surface area contributed by atoms with E-state index in [9.17, 15) is 4.79 Å².